The third-order valence-electron chi connectivity index (χ3n) is 6.30. The highest BCUT2D eigenvalue weighted by Gasteiger charge is 2.36. The standard InChI is InChI=1S/C18H33NO/c1-3-17(4-2)11-13-19(14-12-17)15-18(16-20)9-7-5-6-8-10-18/h16H,3-15H2,1-2H3. The Bertz CT molecular complexity index is 291. The molecule has 2 heteroatoms. The minimum absolute atomic E-state index is 0.0189. The summed E-state index contributed by atoms with van der Waals surface area (Å²) in [5.41, 5.74) is 0.573. The molecule has 1 heterocycles. The second-order valence-electron chi connectivity index (χ2n) is 7.38. The molecule has 0 spiro atoms. The number of aldehydes is 1. The molecule has 0 radical (unpaired) electrons. The first-order valence-electron chi connectivity index (χ1n) is 8.86. The van der Waals surface area contributed by atoms with Gasteiger partial charge >= 0.3 is 0 Å². The topological polar surface area (TPSA) is 20.3 Å². The fourth-order valence-corrected chi connectivity index (χ4v) is 4.33. The third kappa shape index (κ3) is 3.63. The van der Waals surface area contributed by atoms with Crippen LogP contribution in [0.1, 0.15) is 78.1 Å². The number of hydrogen-bond acceptors (Lipinski definition) is 2. The molecule has 0 unspecified atom stereocenters. The van der Waals surface area contributed by atoms with Crippen LogP contribution in [-0.2, 0) is 4.79 Å². The van der Waals surface area contributed by atoms with Crippen molar-refractivity contribution in [3.63, 3.8) is 0 Å². The van der Waals surface area contributed by atoms with E-state index in [9.17, 15) is 4.79 Å². The Hall–Kier alpha value is -0.370. The van der Waals surface area contributed by atoms with E-state index < -0.39 is 0 Å². The highest BCUT2D eigenvalue weighted by atomic mass is 16.1. The monoisotopic (exact) mass is 279 g/mol. The Morgan fingerprint density at radius 2 is 1.45 bits per heavy atom. The van der Waals surface area contributed by atoms with Gasteiger partial charge in [0.1, 0.15) is 6.29 Å². The summed E-state index contributed by atoms with van der Waals surface area (Å²) in [4.78, 5) is 14.3. The molecule has 0 N–H and O–H groups in total. The van der Waals surface area contributed by atoms with Gasteiger partial charge in [0.25, 0.3) is 0 Å². The number of hydrogen-bond donors (Lipinski definition) is 0. The molecule has 0 amide bonds. The van der Waals surface area contributed by atoms with Crippen LogP contribution in [0, 0.1) is 10.8 Å². The summed E-state index contributed by atoms with van der Waals surface area (Å²) in [5.74, 6) is 0. The van der Waals surface area contributed by atoms with E-state index in [0.29, 0.717) is 5.41 Å². The molecule has 2 aliphatic rings. The number of carbonyl (C=O) groups is 1. The fraction of sp³-hybridized carbons (Fsp3) is 0.944. The predicted octanol–water partition coefficient (Wildman–Crippen LogP) is 4.43. The molecule has 0 bridgehead atoms. The van der Waals surface area contributed by atoms with Crippen LogP contribution < -0.4 is 0 Å². The van der Waals surface area contributed by atoms with Crippen LogP contribution in [0.5, 0.6) is 0 Å². The summed E-state index contributed by atoms with van der Waals surface area (Å²) in [5, 5.41) is 0. The first kappa shape index (κ1) is 16.0. The summed E-state index contributed by atoms with van der Waals surface area (Å²) in [6.07, 6.45) is 14.0. The molecule has 1 aliphatic heterocycles. The first-order chi connectivity index (χ1) is 9.67. The lowest BCUT2D eigenvalue weighted by molar-refractivity contribution is -0.118. The van der Waals surface area contributed by atoms with E-state index in [1.165, 1.54) is 70.7 Å². The van der Waals surface area contributed by atoms with Crippen LogP contribution in [0.4, 0.5) is 0 Å². The van der Waals surface area contributed by atoms with E-state index in [2.05, 4.69) is 18.7 Å². The maximum absolute atomic E-state index is 11.7. The molecule has 1 aliphatic carbocycles. The Morgan fingerprint density at radius 3 is 1.90 bits per heavy atom. The van der Waals surface area contributed by atoms with Crippen molar-refractivity contribution < 1.29 is 4.79 Å². The lowest BCUT2D eigenvalue weighted by atomic mass is 9.73. The van der Waals surface area contributed by atoms with Gasteiger partial charge in [-0.2, -0.15) is 0 Å². The normalized spacial score (nSPS) is 26.9. The summed E-state index contributed by atoms with van der Waals surface area (Å²) >= 11 is 0. The smallest absolute Gasteiger partial charge is 0.127 e. The van der Waals surface area contributed by atoms with E-state index in [-0.39, 0.29) is 5.41 Å². The molecule has 20 heavy (non-hydrogen) atoms. The number of rotatable bonds is 5. The van der Waals surface area contributed by atoms with Crippen LogP contribution >= 0.6 is 0 Å². The molecule has 2 fully saturated rings. The van der Waals surface area contributed by atoms with Gasteiger partial charge < -0.3 is 9.69 Å². The van der Waals surface area contributed by atoms with Crippen LogP contribution in [0.25, 0.3) is 0 Å². The van der Waals surface area contributed by atoms with Crippen LogP contribution in [0.15, 0.2) is 0 Å². The van der Waals surface area contributed by atoms with Crippen molar-refractivity contribution in [2.75, 3.05) is 19.6 Å². The molecule has 0 aromatic carbocycles. The quantitative estimate of drug-likeness (QED) is 0.548. The van der Waals surface area contributed by atoms with Crippen LogP contribution in [0.3, 0.4) is 0 Å². The minimum atomic E-state index is -0.0189. The van der Waals surface area contributed by atoms with E-state index in [0.717, 1.165) is 19.4 Å². The summed E-state index contributed by atoms with van der Waals surface area (Å²) in [6, 6.07) is 0. The van der Waals surface area contributed by atoms with Gasteiger partial charge in [-0.15, -0.1) is 0 Å². The van der Waals surface area contributed by atoms with E-state index in [1.807, 2.05) is 0 Å². The van der Waals surface area contributed by atoms with Gasteiger partial charge in [0, 0.05) is 12.0 Å². The molecule has 0 aromatic rings. The molecule has 2 rings (SSSR count). The maximum Gasteiger partial charge on any atom is 0.127 e. The number of likely N-dealkylation sites (tertiary alicyclic amines) is 1. The van der Waals surface area contributed by atoms with Crippen molar-refractivity contribution >= 4 is 6.29 Å². The Balaban J connectivity index is 1.91. The van der Waals surface area contributed by atoms with Gasteiger partial charge in [-0.05, 0) is 44.2 Å². The van der Waals surface area contributed by atoms with Gasteiger partial charge in [0.15, 0.2) is 0 Å². The molecule has 1 saturated carbocycles. The summed E-state index contributed by atoms with van der Waals surface area (Å²) in [7, 11) is 0. The second-order valence-corrected chi connectivity index (χ2v) is 7.38. The van der Waals surface area contributed by atoms with E-state index in [1.54, 1.807) is 0 Å². The minimum Gasteiger partial charge on any atom is -0.303 e. The maximum atomic E-state index is 11.7. The molecular weight excluding hydrogens is 246 g/mol. The zero-order valence-electron chi connectivity index (χ0n) is 13.6. The van der Waals surface area contributed by atoms with Crippen LogP contribution in [0.2, 0.25) is 0 Å². The van der Waals surface area contributed by atoms with Crippen molar-refractivity contribution in [1.29, 1.82) is 0 Å². The molecule has 0 atom stereocenters. The molecule has 0 aromatic heterocycles. The lowest BCUT2D eigenvalue weighted by Crippen LogP contribution is -2.45. The Morgan fingerprint density at radius 1 is 0.900 bits per heavy atom. The van der Waals surface area contributed by atoms with Crippen molar-refractivity contribution in [3.05, 3.63) is 0 Å². The largest absolute Gasteiger partial charge is 0.303 e. The Labute approximate surface area is 125 Å². The predicted molar refractivity (Wildman–Crippen MR) is 84.9 cm³/mol. The molecule has 2 nitrogen and oxygen atoms in total. The zero-order chi connectivity index (χ0) is 14.5. The van der Waals surface area contributed by atoms with Gasteiger partial charge in [0.05, 0.1) is 0 Å². The second kappa shape index (κ2) is 7.06. The lowest BCUT2D eigenvalue weighted by Gasteiger charge is -2.43. The van der Waals surface area contributed by atoms with E-state index >= 15 is 0 Å². The Kier molecular flexibility index (Phi) is 5.65. The highest BCUT2D eigenvalue weighted by molar-refractivity contribution is 5.59. The first-order valence-corrected chi connectivity index (χ1v) is 8.86. The molecule has 116 valence electrons. The van der Waals surface area contributed by atoms with Gasteiger partial charge in [-0.1, -0.05) is 52.4 Å². The van der Waals surface area contributed by atoms with Crippen molar-refractivity contribution in [3.8, 4) is 0 Å². The third-order valence-corrected chi connectivity index (χ3v) is 6.30. The summed E-state index contributed by atoms with van der Waals surface area (Å²) in [6.45, 7) is 8.13. The fourth-order valence-electron chi connectivity index (χ4n) is 4.33. The number of piperidine rings is 1. The molecular formula is C18H33NO. The average Bonchev–Trinajstić information content (AvgIpc) is 2.75. The van der Waals surface area contributed by atoms with E-state index in [4.69, 9.17) is 0 Å². The average molecular weight is 279 g/mol. The number of carbonyl (C=O) groups excluding carboxylic acids is 1. The highest BCUT2D eigenvalue weighted by Crippen LogP contribution is 2.40. The summed E-state index contributed by atoms with van der Waals surface area (Å²) < 4.78 is 0. The van der Waals surface area contributed by atoms with Crippen molar-refractivity contribution in [1.82, 2.24) is 4.90 Å². The molecule has 1 saturated heterocycles. The van der Waals surface area contributed by atoms with Gasteiger partial charge in [0.2, 0.25) is 0 Å². The zero-order valence-corrected chi connectivity index (χ0v) is 13.6. The van der Waals surface area contributed by atoms with Gasteiger partial charge in [-0.3, -0.25) is 0 Å². The van der Waals surface area contributed by atoms with Crippen molar-refractivity contribution in [2.24, 2.45) is 10.8 Å². The SMILES string of the molecule is CCC1(CC)CCN(CC2(C=O)CCCCCC2)CC1. The van der Waals surface area contributed by atoms with Gasteiger partial charge in [-0.25, -0.2) is 0 Å². The van der Waals surface area contributed by atoms with Crippen LogP contribution in [-0.4, -0.2) is 30.8 Å². The number of nitrogens with zero attached hydrogens (tertiary/aromatic N) is 1. The van der Waals surface area contributed by atoms with Crippen molar-refractivity contribution in [2.45, 2.75) is 78.1 Å².